The van der Waals surface area contributed by atoms with E-state index in [2.05, 4.69) is 0 Å². The van der Waals surface area contributed by atoms with Crippen LogP contribution in [-0.4, -0.2) is 51.9 Å². The minimum absolute atomic E-state index is 0.232. The molecule has 6 nitrogen and oxygen atoms in total. The molecule has 0 radical (unpaired) electrons. The molecule has 0 saturated carbocycles. The van der Waals surface area contributed by atoms with E-state index < -0.39 is 18.0 Å². The molecule has 1 aliphatic heterocycles. The Labute approximate surface area is 149 Å². The van der Waals surface area contributed by atoms with Gasteiger partial charge in [-0.1, -0.05) is 29.8 Å². The smallest absolute Gasteiger partial charge is 0.328 e. The van der Waals surface area contributed by atoms with Crippen LogP contribution in [0.2, 0.25) is 5.02 Å². The monoisotopic (exact) mass is 371 g/mol. The van der Waals surface area contributed by atoms with Gasteiger partial charge in [-0.3, -0.25) is 4.90 Å². The first-order valence-electron chi connectivity index (χ1n) is 7.27. The average Bonchev–Trinajstić information content (AvgIpc) is 2.56. The van der Waals surface area contributed by atoms with Crippen molar-refractivity contribution in [2.75, 3.05) is 20.2 Å². The quantitative estimate of drug-likeness (QED) is 0.467. The molecule has 2 N–H and O–H groups in total. The Morgan fingerprint density at radius 2 is 2.17 bits per heavy atom. The molecule has 2 rings (SSSR count). The minimum atomic E-state index is -1.08. The van der Waals surface area contributed by atoms with Crippen LogP contribution in [0.5, 0.6) is 0 Å². The zero-order valence-corrected chi connectivity index (χ0v) is 14.6. The standard InChI is InChI=1S/C16H18ClNO5S/c1-23-16(21)15(11-4-2-3-5-12(11)17)18-7-6-13(24-22)10(9-18)8-14(19)20/h2-5,8,13,15,22H,6-7,9H2,1H3,(H,19,20)/b10-8-/t13?,15-/m0/s1. The lowest BCUT2D eigenvalue weighted by Gasteiger charge is -2.37. The maximum absolute atomic E-state index is 12.3. The van der Waals surface area contributed by atoms with E-state index in [1.54, 1.807) is 24.3 Å². The molecule has 0 spiro atoms. The largest absolute Gasteiger partial charge is 0.478 e. The SMILES string of the molecule is COC(=O)[C@H](c1ccccc1Cl)N1CCC(SO)/C(=C\C(=O)O)C1. The number of carbonyl (C=O) groups excluding carboxylic acids is 1. The van der Waals surface area contributed by atoms with Crippen LogP contribution in [0.1, 0.15) is 18.0 Å². The summed E-state index contributed by atoms with van der Waals surface area (Å²) in [4.78, 5) is 25.2. The van der Waals surface area contributed by atoms with Crippen LogP contribution in [0.4, 0.5) is 0 Å². The van der Waals surface area contributed by atoms with Gasteiger partial charge < -0.3 is 14.4 Å². The van der Waals surface area contributed by atoms with E-state index >= 15 is 0 Å². The molecule has 1 aliphatic rings. The molecule has 0 aliphatic carbocycles. The van der Waals surface area contributed by atoms with Crippen molar-refractivity contribution in [1.82, 2.24) is 4.90 Å². The third kappa shape index (κ3) is 4.30. The van der Waals surface area contributed by atoms with Gasteiger partial charge in [-0.2, -0.15) is 0 Å². The van der Waals surface area contributed by atoms with E-state index in [0.717, 1.165) is 6.08 Å². The second-order valence-electron chi connectivity index (χ2n) is 5.36. The summed E-state index contributed by atoms with van der Waals surface area (Å²) in [6.07, 6.45) is 1.60. The van der Waals surface area contributed by atoms with Gasteiger partial charge in [0.05, 0.1) is 12.4 Å². The maximum Gasteiger partial charge on any atom is 0.328 e. The first kappa shape index (κ1) is 18.8. The van der Waals surface area contributed by atoms with Gasteiger partial charge in [0, 0.05) is 24.2 Å². The highest BCUT2D eigenvalue weighted by Crippen LogP contribution is 2.34. The second-order valence-corrected chi connectivity index (χ2v) is 6.54. The molecule has 1 unspecified atom stereocenters. The first-order chi connectivity index (χ1) is 11.5. The Morgan fingerprint density at radius 1 is 1.46 bits per heavy atom. The highest BCUT2D eigenvalue weighted by Gasteiger charge is 2.35. The van der Waals surface area contributed by atoms with Crippen molar-refractivity contribution in [3.8, 4) is 0 Å². The normalized spacial score (nSPS) is 21.5. The third-order valence-electron chi connectivity index (χ3n) is 3.90. The van der Waals surface area contributed by atoms with Gasteiger partial charge in [-0.25, -0.2) is 9.59 Å². The van der Waals surface area contributed by atoms with E-state index in [9.17, 15) is 14.1 Å². The number of carbonyl (C=O) groups is 2. The topological polar surface area (TPSA) is 87.1 Å². The predicted molar refractivity (Wildman–Crippen MR) is 92.1 cm³/mol. The number of halogens is 1. The van der Waals surface area contributed by atoms with Crippen molar-refractivity contribution >= 4 is 35.6 Å². The molecule has 8 heteroatoms. The van der Waals surface area contributed by atoms with Gasteiger partial charge in [0.25, 0.3) is 0 Å². The lowest BCUT2D eigenvalue weighted by molar-refractivity contribution is -0.147. The van der Waals surface area contributed by atoms with E-state index in [4.69, 9.17) is 21.4 Å². The Bertz CT molecular complexity index is 651. The maximum atomic E-state index is 12.3. The number of piperidine rings is 1. The van der Waals surface area contributed by atoms with Gasteiger partial charge in [0.2, 0.25) is 0 Å². The summed E-state index contributed by atoms with van der Waals surface area (Å²) in [5.41, 5.74) is 1.15. The molecule has 0 amide bonds. The van der Waals surface area contributed by atoms with Gasteiger partial charge in [0.15, 0.2) is 0 Å². The van der Waals surface area contributed by atoms with Crippen LogP contribution in [-0.2, 0) is 14.3 Å². The molecule has 0 bridgehead atoms. The van der Waals surface area contributed by atoms with Gasteiger partial charge in [0.1, 0.15) is 6.04 Å². The summed E-state index contributed by atoms with van der Waals surface area (Å²) < 4.78 is 14.3. The number of ether oxygens (including phenoxy) is 1. The van der Waals surface area contributed by atoms with Crippen molar-refractivity contribution in [3.05, 3.63) is 46.5 Å². The van der Waals surface area contributed by atoms with E-state index in [0.29, 0.717) is 41.2 Å². The number of nitrogens with zero attached hydrogens (tertiary/aromatic N) is 1. The van der Waals surface area contributed by atoms with Crippen molar-refractivity contribution in [2.45, 2.75) is 17.7 Å². The number of rotatable bonds is 5. The first-order valence-corrected chi connectivity index (χ1v) is 8.49. The number of hydrogen-bond acceptors (Lipinski definition) is 6. The molecular weight excluding hydrogens is 354 g/mol. The van der Waals surface area contributed by atoms with Crippen molar-refractivity contribution < 1.29 is 24.0 Å². The minimum Gasteiger partial charge on any atom is -0.478 e. The van der Waals surface area contributed by atoms with Crippen LogP contribution < -0.4 is 0 Å². The van der Waals surface area contributed by atoms with E-state index in [1.165, 1.54) is 7.11 Å². The van der Waals surface area contributed by atoms with E-state index in [-0.39, 0.29) is 11.8 Å². The molecule has 1 fully saturated rings. The molecular formula is C16H18ClNO5S. The van der Waals surface area contributed by atoms with Crippen LogP contribution in [0, 0.1) is 0 Å². The number of likely N-dealkylation sites (tertiary alicyclic amines) is 1. The predicted octanol–water partition coefficient (Wildman–Crippen LogP) is 2.85. The number of esters is 1. The fraction of sp³-hybridized carbons (Fsp3) is 0.375. The summed E-state index contributed by atoms with van der Waals surface area (Å²) in [5.74, 6) is -1.55. The Balaban J connectivity index is 2.36. The number of benzene rings is 1. The average molecular weight is 372 g/mol. The molecule has 1 saturated heterocycles. The summed E-state index contributed by atoms with van der Waals surface area (Å²) in [5, 5.41) is 9.16. The highest BCUT2D eigenvalue weighted by atomic mass is 35.5. The molecule has 130 valence electrons. The number of methoxy groups -OCH3 is 1. The highest BCUT2D eigenvalue weighted by molar-refractivity contribution is 7.94. The number of carboxylic acid groups (broad SMARTS) is 1. The van der Waals surface area contributed by atoms with Gasteiger partial charge in [-0.05, 0) is 35.7 Å². The zero-order valence-electron chi connectivity index (χ0n) is 13.0. The summed E-state index contributed by atoms with van der Waals surface area (Å²) in [6.45, 7) is 0.732. The molecule has 0 aromatic heterocycles. The third-order valence-corrected chi connectivity index (χ3v) is 5.04. The van der Waals surface area contributed by atoms with Gasteiger partial charge >= 0.3 is 11.9 Å². The number of carboxylic acids is 1. The van der Waals surface area contributed by atoms with Crippen molar-refractivity contribution in [3.63, 3.8) is 0 Å². The van der Waals surface area contributed by atoms with Crippen LogP contribution in [0.25, 0.3) is 0 Å². The number of aliphatic carboxylic acids is 1. The number of hydrogen-bond donors (Lipinski definition) is 2. The zero-order chi connectivity index (χ0) is 17.7. The summed E-state index contributed by atoms with van der Waals surface area (Å²) >= 11 is 6.85. The molecule has 1 aromatic rings. The van der Waals surface area contributed by atoms with Crippen molar-refractivity contribution in [2.24, 2.45) is 0 Å². The van der Waals surface area contributed by atoms with Gasteiger partial charge in [-0.15, -0.1) is 0 Å². The summed E-state index contributed by atoms with van der Waals surface area (Å²) in [6, 6.07) is 6.26. The molecule has 24 heavy (non-hydrogen) atoms. The van der Waals surface area contributed by atoms with Crippen LogP contribution in [0.15, 0.2) is 35.9 Å². The van der Waals surface area contributed by atoms with Crippen LogP contribution in [0.3, 0.4) is 0 Å². The van der Waals surface area contributed by atoms with E-state index in [1.807, 2.05) is 4.90 Å². The fourth-order valence-corrected chi connectivity index (χ4v) is 3.53. The Hall–Kier alpha value is -1.54. The second kappa shape index (κ2) is 8.53. The van der Waals surface area contributed by atoms with Crippen LogP contribution >= 0.6 is 23.6 Å². The molecule has 1 heterocycles. The summed E-state index contributed by atoms with van der Waals surface area (Å²) in [7, 11) is 1.30. The van der Waals surface area contributed by atoms with Crippen molar-refractivity contribution in [1.29, 1.82) is 0 Å². The lowest BCUT2D eigenvalue weighted by Crippen LogP contribution is -2.43. The fourth-order valence-electron chi connectivity index (χ4n) is 2.80. The molecule has 1 aromatic carbocycles. The Morgan fingerprint density at radius 3 is 2.75 bits per heavy atom. The lowest BCUT2D eigenvalue weighted by atomic mass is 9.98. The molecule has 2 atom stereocenters. The Kier molecular flexibility index (Phi) is 6.68.